The van der Waals surface area contributed by atoms with Gasteiger partial charge in [0.2, 0.25) is 0 Å². The maximum Gasteiger partial charge on any atom is 0.317 e. The zero-order chi connectivity index (χ0) is 25.3. The number of urea groups is 1. The van der Waals surface area contributed by atoms with Crippen molar-refractivity contribution in [2.24, 2.45) is 0 Å². The fourth-order valence-electron chi connectivity index (χ4n) is 5.37. The molecule has 1 aromatic carbocycles. The van der Waals surface area contributed by atoms with Crippen molar-refractivity contribution in [3.63, 3.8) is 0 Å². The van der Waals surface area contributed by atoms with Crippen LogP contribution in [0.25, 0.3) is 16.6 Å². The lowest BCUT2D eigenvalue weighted by Gasteiger charge is -2.37. The number of aromatic nitrogens is 2. The third-order valence-electron chi connectivity index (χ3n) is 7.33. The summed E-state index contributed by atoms with van der Waals surface area (Å²) in [6.45, 7) is 8.26. The molecule has 0 radical (unpaired) electrons. The van der Waals surface area contributed by atoms with Crippen molar-refractivity contribution in [2.45, 2.75) is 38.3 Å². The molecule has 9 heteroatoms. The summed E-state index contributed by atoms with van der Waals surface area (Å²) in [7, 11) is 1.66. The Kier molecular flexibility index (Phi) is 6.85. The van der Waals surface area contributed by atoms with Crippen molar-refractivity contribution < 1.29 is 13.9 Å². The van der Waals surface area contributed by atoms with E-state index < -0.39 is 5.60 Å². The van der Waals surface area contributed by atoms with Crippen molar-refractivity contribution in [3.05, 3.63) is 54.1 Å². The highest BCUT2D eigenvalue weighted by Gasteiger charge is 2.36. The minimum atomic E-state index is -0.630. The van der Waals surface area contributed by atoms with E-state index in [2.05, 4.69) is 26.7 Å². The lowest BCUT2D eigenvalue weighted by Crippen LogP contribution is -2.53. The van der Waals surface area contributed by atoms with Crippen molar-refractivity contribution in [3.8, 4) is 11.1 Å². The molecular weight excluding hydrogens is 459 g/mol. The predicted octanol–water partition coefficient (Wildman–Crippen LogP) is 3.61. The van der Waals surface area contributed by atoms with E-state index in [1.807, 2.05) is 47.7 Å². The van der Waals surface area contributed by atoms with Crippen molar-refractivity contribution >= 4 is 17.2 Å². The molecule has 192 valence electrons. The molecule has 2 saturated heterocycles. The molecular formula is C27H35FN6O2. The van der Waals surface area contributed by atoms with Gasteiger partial charge in [-0.2, -0.15) is 5.10 Å². The number of piperidine rings is 1. The lowest BCUT2D eigenvalue weighted by molar-refractivity contribution is -0.0358. The van der Waals surface area contributed by atoms with E-state index in [4.69, 9.17) is 4.74 Å². The second-order valence-corrected chi connectivity index (χ2v) is 10.0. The topological polar surface area (TPSA) is 74.1 Å². The molecule has 1 atom stereocenters. The minimum absolute atomic E-state index is 0.0146. The summed E-state index contributed by atoms with van der Waals surface area (Å²) in [6, 6.07) is 9.60. The number of halogens is 1. The Hall–Kier alpha value is -3.17. The Morgan fingerprint density at radius 2 is 1.97 bits per heavy atom. The predicted molar refractivity (Wildman–Crippen MR) is 139 cm³/mol. The van der Waals surface area contributed by atoms with Gasteiger partial charge in [0.1, 0.15) is 11.4 Å². The number of hydrogen-bond donors (Lipinski definition) is 2. The Bertz CT molecular complexity index is 1230. The van der Waals surface area contributed by atoms with Crippen LogP contribution in [0, 0.1) is 5.82 Å². The largest absolute Gasteiger partial charge is 0.372 e. The molecule has 0 spiro atoms. The maximum absolute atomic E-state index is 15.4. The summed E-state index contributed by atoms with van der Waals surface area (Å²) in [5.74, 6) is -0.253. The first-order chi connectivity index (χ1) is 17.4. The number of piperazine rings is 1. The van der Waals surface area contributed by atoms with Crippen LogP contribution in [0.2, 0.25) is 0 Å². The average molecular weight is 495 g/mol. The molecule has 8 nitrogen and oxygen atoms in total. The van der Waals surface area contributed by atoms with E-state index in [9.17, 15) is 4.79 Å². The van der Waals surface area contributed by atoms with E-state index in [0.717, 1.165) is 54.8 Å². The second kappa shape index (κ2) is 10.1. The smallest absolute Gasteiger partial charge is 0.317 e. The highest BCUT2D eigenvalue weighted by atomic mass is 19.1. The van der Waals surface area contributed by atoms with Gasteiger partial charge in [0.15, 0.2) is 0 Å². The molecule has 36 heavy (non-hydrogen) atoms. The number of amides is 2. The standard InChI is InChI=1S/C27H35FN6O2/c1-19(2)31-26(35)33-13-11-32(12-14-33)24-7-10-30-34-17-21(16-25(24)34)20-5-6-22(23(28)15-20)27(36-3)8-4-9-29-18-27/h5-7,10,15-17,19,29H,4,8-9,11-14,18H2,1-3H3,(H,31,35)/t27-/m0/s1. The summed E-state index contributed by atoms with van der Waals surface area (Å²) < 4.78 is 23.0. The Labute approximate surface area is 211 Å². The number of anilines is 1. The van der Waals surface area contributed by atoms with Gasteiger partial charge in [0, 0.05) is 69.4 Å². The fraction of sp³-hybridized carbons (Fsp3) is 0.481. The van der Waals surface area contributed by atoms with Gasteiger partial charge in [-0.3, -0.25) is 0 Å². The maximum atomic E-state index is 15.4. The van der Waals surface area contributed by atoms with E-state index in [-0.39, 0.29) is 17.9 Å². The third-order valence-corrected chi connectivity index (χ3v) is 7.33. The monoisotopic (exact) mass is 494 g/mol. The average Bonchev–Trinajstić information content (AvgIpc) is 3.33. The SMILES string of the molecule is CO[C@@]1(c2ccc(-c3cc4c(N5CCN(C(=O)NC(C)C)CC5)ccnn4c3)cc2F)CCCNC1. The van der Waals surface area contributed by atoms with Crippen molar-refractivity contribution in [1.82, 2.24) is 25.1 Å². The molecule has 2 aliphatic rings. The van der Waals surface area contributed by atoms with E-state index in [0.29, 0.717) is 25.2 Å². The summed E-state index contributed by atoms with van der Waals surface area (Å²) in [5, 5.41) is 10.8. The summed E-state index contributed by atoms with van der Waals surface area (Å²) in [6.07, 6.45) is 5.47. The van der Waals surface area contributed by atoms with Gasteiger partial charge in [-0.05, 0) is 57.0 Å². The van der Waals surface area contributed by atoms with Crippen LogP contribution in [-0.2, 0) is 10.3 Å². The minimum Gasteiger partial charge on any atom is -0.372 e. The first-order valence-corrected chi connectivity index (χ1v) is 12.7. The van der Waals surface area contributed by atoms with E-state index in [1.54, 1.807) is 19.4 Å². The number of carbonyl (C=O) groups is 1. The van der Waals surface area contributed by atoms with Gasteiger partial charge >= 0.3 is 6.03 Å². The molecule has 2 N–H and O–H groups in total. The number of carbonyl (C=O) groups excluding carboxylic acids is 1. The number of hydrogen-bond acceptors (Lipinski definition) is 5. The zero-order valence-corrected chi connectivity index (χ0v) is 21.3. The van der Waals surface area contributed by atoms with Gasteiger partial charge in [-0.25, -0.2) is 13.7 Å². The van der Waals surface area contributed by atoms with Crippen LogP contribution in [0.1, 0.15) is 32.3 Å². The molecule has 2 amide bonds. The summed E-state index contributed by atoms with van der Waals surface area (Å²) >= 11 is 0. The Morgan fingerprint density at radius 3 is 2.64 bits per heavy atom. The molecule has 2 fully saturated rings. The number of nitrogens with one attached hydrogen (secondary N) is 2. The van der Waals surface area contributed by atoms with Crippen LogP contribution < -0.4 is 15.5 Å². The normalized spacial score (nSPS) is 20.8. The van der Waals surface area contributed by atoms with Crippen LogP contribution in [-0.4, -0.2) is 73.0 Å². The number of fused-ring (bicyclic) bond motifs is 1. The van der Waals surface area contributed by atoms with Crippen LogP contribution in [0.5, 0.6) is 0 Å². The molecule has 0 saturated carbocycles. The molecule has 3 aromatic rings. The summed E-state index contributed by atoms with van der Waals surface area (Å²) in [5.41, 5.74) is 3.70. The van der Waals surface area contributed by atoms with Crippen molar-refractivity contribution in [1.29, 1.82) is 0 Å². The zero-order valence-electron chi connectivity index (χ0n) is 21.3. The number of ether oxygens (including phenoxy) is 1. The number of methoxy groups -OCH3 is 1. The Morgan fingerprint density at radius 1 is 1.17 bits per heavy atom. The fourth-order valence-corrected chi connectivity index (χ4v) is 5.37. The highest BCUT2D eigenvalue weighted by molar-refractivity contribution is 5.80. The van der Waals surface area contributed by atoms with Crippen LogP contribution >= 0.6 is 0 Å². The molecule has 0 bridgehead atoms. The molecule has 4 heterocycles. The van der Waals surface area contributed by atoms with Crippen LogP contribution in [0.3, 0.4) is 0 Å². The molecule has 2 aromatic heterocycles. The Balaban J connectivity index is 1.38. The highest BCUT2D eigenvalue weighted by Crippen LogP contribution is 2.36. The molecule has 0 aliphatic carbocycles. The van der Waals surface area contributed by atoms with Gasteiger partial charge in [-0.1, -0.05) is 12.1 Å². The lowest BCUT2D eigenvalue weighted by atomic mass is 9.85. The number of rotatable bonds is 5. The molecule has 5 rings (SSSR count). The van der Waals surface area contributed by atoms with Gasteiger partial charge in [0.25, 0.3) is 0 Å². The number of nitrogens with zero attached hydrogens (tertiary/aromatic N) is 4. The first-order valence-electron chi connectivity index (χ1n) is 12.7. The second-order valence-electron chi connectivity index (χ2n) is 10.0. The van der Waals surface area contributed by atoms with Crippen LogP contribution in [0.15, 0.2) is 42.7 Å². The number of benzene rings is 1. The van der Waals surface area contributed by atoms with Crippen molar-refractivity contribution in [2.75, 3.05) is 51.3 Å². The van der Waals surface area contributed by atoms with Gasteiger partial charge in [-0.15, -0.1) is 0 Å². The van der Waals surface area contributed by atoms with Gasteiger partial charge in [0.05, 0.1) is 11.2 Å². The molecule has 2 aliphatic heterocycles. The van der Waals surface area contributed by atoms with Crippen LogP contribution in [0.4, 0.5) is 14.9 Å². The van der Waals surface area contributed by atoms with Gasteiger partial charge < -0.3 is 25.2 Å². The first kappa shape index (κ1) is 24.5. The third kappa shape index (κ3) is 4.65. The van der Waals surface area contributed by atoms with E-state index in [1.165, 1.54) is 0 Å². The quantitative estimate of drug-likeness (QED) is 0.567. The van der Waals surface area contributed by atoms with E-state index >= 15 is 4.39 Å². The summed E-state index contributed by atoms with van der Waals surface area (Å²) in [4.78, 5) is 16.5. The molecule has 0 unspecified atom stereocenters.